The highest BCUT2D eigenvalue weighted by Gasteiger charge is 2.37. The van der Waals surface area contributed by atoms with E-state index in [1.165, 1.54) is 12.1 Å². The lowest BCUT2D eigenvalue weighted by Crippen LogP contribution is -2.23. The molecule has 2 aromatic rings. The van der Waals surface area contributed by atoms with Gasteiger partial charge in [0.1, 0.15) is 11.5 Å². The summed E-state index contributed by atoms with van der Waals surface area (Å²) in [5.41, 5.74) is -4.04. The number of thioether (sulfide) groups is 1. The zero-order chi connectivity index (χ0) is 19.3. The lowest BCUT2D eigenvalue weighted by atomic mass is 10.1. The van der Waals surface area contributed by atoms with Crippen LogP contribution in [0.4, 0.5) is 18.9 Å². The van der Waals surface area contributed by atoms with Crippen LogP contribution in [0.1, 0.15) is 5.56 Å². The van der Waals surface area contributed by atoms with Crippen LogP contribution in [0.2, 0.25) is 0 Å². The summed E-state index contributed by atoms with van der Waals surface area (Å²) in [6.45, 7) is 0.451. The van der Waals surface area contributed by atoms with Crippen molar-refractivity contribution in [1.82, 2.24) is 4.90 Å². The fourth-order valence-corrected chi connectivity index (χ4v) is 3.01. The van der Waals surface area contributed by atoms with Crippen LogP contribution in [0.25, 0.3) is 0 Å². The molecule has 2 rings (SSSR count). The molecule has 0 spiro atoms. The third-order valence-corrected chi connectivity index (χ3v) is 4.84. The Hall–Kier alpha value is -1.71. The normalized spacial score (nSPS) is 12.9. The van der Waals surface area contributed by atoms with Gasteiger partial charge in [-0.2, -0.15) is 13.2 Å². The number of nitrogens with zero attached hydrogens (tertiary/aromatic N) is 1. The molecule has 0 aliphatic carbocycles. The fourth-order valence-electron chi connectivity index (χ4n) is 2.14. The molecule has 4 nitrogen and oxygen atoms in total. The topological polar surface area (TPSA) is 41.6 Å². The molecule has 142 valence electrons. The predicted octanol–water partition coefficient (Wildman–Crippen LogP) is 4.86. The van der Waals surface area contributed by atoms with E-state index in [1.807, 2.05) is 54.2 Å². The van der Waals surface area contributed by atoms with Gasteiger partial charge in [-0.3, -0.25) is 4.72 Å². The molecule has 0 radical (unpaired) electrons. The minimum Gasteiger partial charge on any atom is -0.457 e. The Morgan fingerprint density at radius 3 is 2.35 bits per heavy atom. The molecular weight excluding hydrogens is 385 g/mol. The second kappa shape index (κ2) is 8.79. The number of anilines is 1. The predicted molar refractivity (Wildman–Crippen MR) is 100.0 cm³/mol. The molecule has 0 saturated carbocycles. The molecule has 1 N–H and O–H groups in total. The van der Waals surface area contributed by atoms with Gasteiger partial charge in [0.2, 0.25) is 11.0 Å². The number of nitrogens with one attached hydrogen (secondary N) is 1. The van der Waals surface area contributed by atoms with Gasteiger partial charge in [-0.15, -0.1) is 11.8 Å². The summed E-state index contributed by atoms with van der Waals surface area (Å²) in [6.07, 6.45) is 1.97. The van der Waals surface area contributed by atoms with Crippen molar-refractivity contribution in [3.63, 3.8) is 0 Å². The first-order valence-corrected chi connectivity index (χ1v) is 9.91. The van der Waals surface area contributed by atoms with E-state index in [4.69, 9.17) is 4.74 Å². The monoisotopic (exact) mass is 404 g/mol. The summed E-state index contributed by atoms with van der Waals surface area (Å²) in [7, 11) is 0.512. The van der Waals surface area contributed by atoms with Gasteiger partial charge in [0.25, 0.3) is 0 Å². The van der Waals surface area contributed by atoms with Crippen molar-refractivity contribution in [2.24, 2.45) is 0 Å². The summed E-state index contributed by atoms with van der Waals surface area (Å²) in [4.78, 5) is 2.96. The highest BCUT2D eigenvalue weighted by Crippen LogP contribution is 2.31. The third kappa shape index (κ3) is 5.93. The van der Waals surface area contributed by atoms with Crippen LogP contribution < -0.4 is 9.46 Å². The standard InChI is InChI=1S/C17H19F3N2O2S2/c1-22(2)11-12-10-13(21-26(23)17(18,19)20)4-9-16(12)24-14-5-7-15(25-3)8-6-14/h4-10,21H,11H2,1-3H3. The molecule has 2 aromatic carbocycles. The maximum Gasteiger partial charge on any atom is 0.490 e. The SMILES string of the molecule is CSc1ccc(Oc2ccc(NS(=O)C(F)(F)F)cc2CN(C)C)cc1. The molecule has 0 amide bonds. The number of hydrogen-bond acceptors (Lipinski definition) is 4. The minimum absolute atomic E-state index is 0.114. The van der Waals surface area contributed by atoms with E-state index in [2.05, 4.69) is 0 Å². The van der Waals surface area contributed by atoms with Crippen molar-refractivity contribution in [2.45, 2.75) is 16.9 Å². The minimum atomic E-state index is -4.82. The maximum atomic E-state index is 12.5. The van der Waals surface area contributed by atoms with Crippen LogP contribution in [0.15, 0.2) is 47.4 Å². The molecule has 0 saturated heterocycles. The van der Waals surface area contributed by atoms with Gasteiger partial charge < -0.3 is 9.64 Å². The van der Waals surface area contributed by atoms with E-state index in [1.54, 1.807) is 17.8 Å². The van der Waals surface area contributed by atoms with Gasteiger partial charge in [-0.25, -0.2) is 4.21 Å². The lowest BCUT2D eigenvalue weighted by molar-refractivity contribution is -0.0379. The van der Waals surface area contributed by atoms with E-state index in [0.29, 0.717) is 23.6 Å². The first-order valence-electron chi connectivity index (χ1n) is 7.54. The number of halogens is 3. The van der Waals surface area contributed by atoms with Crippen LogP contribution in [-0.2, 0) is 17.5 Å². The van der Waals surface area contributed by atoms with Gasteiger partial charge in [-0.05, 0) is 62.8 Å². The Morgan fingerprint density at radius 1 is 1.15 bits per heavy atom. The highest BCUT2D eigenvalue weighted by molar-refractivity contribution is 7.98. The van der Waals surface area contributed by atoms with Gasteiger partial charge in [0.05, 0.1) is 0 Å². The summed E-state index contributed by atoms with van der Waals surface area (Å²) < 4.78 is 56.5. The van der Waals surface area contributed by atoms with E-state index < -0.39 is 16.5 Å². The average Bonchev–Trinajstić information content (AvgIpc) is 2.56. The Kier molecular flexibility index (Phi) is 6.96. The second-order valence-electron chi connectivity index (χ2n) is 5.65. The molecule has 9 heteroatoms. The summed E-state index contributed by atoms with van der Waals surface area (Å²) >= 11 is 1.61. The molecule has 1 atom stereocenters. The molecule has 0 bridgehead atoms. The van der Waals surface area contributed by atoms with Crippen molar-refractivity contribution in [1.29, 1.82) is 0 Å². The molecule has 0 fully saturated rings. The zero-order valence-electron chi connectivity index (χ0n) is 14.5. The van der Waals surface area contributed by atoms with E-state index in [-0.39, 0.29) is 5.69 Å². The van der Waals surface area contributed by atoms with Crippen molar-refractivity contribution in [3.8, 4) is 11.5 Å². The second-order valence-corrected chi connectivity index (χ2v) is 7.74. The van der Waals surface area contributed by atoms with Gasteiger partial charge in [0.15, 0.2) is 0 Å². The molecule has 0 aromatic heterocycles. The third-order valence-electron chi connectivity index (χ3n) is 3.26. The fraction of sp³-hybridized carbons (Fsp3) is 0.294. The Balaban J connectivity index is 2.25. The van der Waals surface area contributed by atoms with Crippen molar-refractivity contribution < 1.29 is 22.1 Å². The van der Waals surface area contributed by atoms with Gasteiger partial charge in [-0.1, -0.05) is 0 Å². The largest absolute Gasteiger partial charge is 0.490 e. The number of benzene rings is 2. The van der Waals surface area contributed by atoms with Crippen LogP contribution in [0.3, 0.4) is 0 Å². The van der Waals surface area contributed by atoms with E-state index in [9.17, 15) is 17.4 Å². The van der Waals surface area contributed by atoms with Gasteiger partial charge in [0, 0.05) is 22.7 Å². The number of rotatable bonds is 7. The average molecular weight is 404 g/mol. The van der Waals surface area contributed by atoms with Crippen LogP contribution in [0.5, 0.6) is 11.5 Å². The molecule has 1 unspecified atom stereocenters. The summed E-state index contributed by atoms with van der Waals surface area (Å²) in [6, 6.07) is 12.0. The smallest absolute Gasteiger partial charge is 0.457 e. The van der Waals surface area contributed by atoms with Crippen LogP contribution >= 0.6 is 11.8 Å². The molecule has 0 aliphatic rings. The first-order chi connectivity index (χ1) is 12.2. The quantitative estimate of drug-likeness (QED) is 0.670. The van der Waals surface area contributed by atoms with Crippen LogP contribution in [0, 0.1) is 0 Å². The zero-order valence-corrected chi connectivity index (χ0v) is 16.1. The Labute approximate surface area is 157 Å². The van der Waals surface area contributed by atoms with Crippen molar-refractivity contribution >= 4 is 28.4 Å². The Morgan fingerprint density at radius 2 is 1.81 bits per heavy atom. The van der Waals surface area contributed by atoms with Crippen LogP contribution in [-0.4, -0.2) is 35.0 Å². The first kappa shape index (κ1) is 20.6. The van der Waals surface area contributed by atoms with Gasteiger partial charge >= 0.3 is 5.51 Å². The number of ether oxygens (including phenoxy) is 1. The maximum absolute atomic E-state index is 12.5. The number of alkyl halides is 3. The van der Waals surface area contributed by atoms with E-state index >= 15 is 0 Å². The molecule has 0 heterocycles. The van der Waals surface area contributed by atoms with E-state index in [0.717, 1.165) is 4.90 Å². The Bertz CT molecular complexity index is 766. The summed E-state index contributed by atoms with van der Waals surface area (Å²) in [5, 5.41) is 0. The molecule has 26 heavy (non-hydrogen) atoms. The lowest BCUT2D eigenvalue weighted by Gasteiger charge is -2.17. The number of hydrogen-bond donors (Lipinski definition) is 1. The molecular formula is C17H19F3N2O2S2. The molecule has 0 aliphatic heterocycles. The van der Waals surface area contributed by atoms with Crippen molar-refractivity contribution in [3.05, 3.63) is 48.0 Å². The van der Waals surface area contributed by atoms with Crippen molar-refractivity contribution in [2.75, 3.05) is 25.1 Å². The summed E-state index contributed by atoms with van der Waals surface area (Å²) in [5.74, 6) is 1.15. The highest BCUT2D eigenvalue weighted by atomic mass is 32.2.